The minimum Gasteiger partial charge on any atom is -0.103 e. The second kappa shape index (κ2) is 11.6. The van der Waals surface area contributed by atoms with E-state index < -0.39 is 0 Å². The number of unbranched alkanes of at least 4 members (excludes halogenated alkanes) is 1. The van der Waals surface area contributed by atoms with Crippen molar-refractivity contribution in [3.63, 3.8) is 0 Å². The minimum atomic E-state index is -0.345. The Balaban J connectivity index is 1.73. The standard InChI is InChI=1S/C44H48/c1-8-9-12-18-31-19-17-24-40(31)44(32-20-13-10-14-21-32,33-22-15-11-16-23-33)41-38-29-34(42(2,3)4)25-27-36(38)37-28-26-35(30-39(37)41)43(5,6)7/h8,10-11,13-17,19-30,40-41H,1,9,12,18H2,2-7H3. The molecule has 0 aromatic heterocycles. The number of fused-ring (bicyclic) bond motifs is 3. The van der Waals surface area contributed by atoms with Gasteiger partial charge in [0.2, 0.25) is 0 Å². The monoisotopic (exact) mass is 576 g/mol. The minimum absolute atomic E-state index is 0.0517. The molecule has 2 aliphatic rings. The zero-order chi connectivity index (χ0) is 31.1. The van der Waals surface area contributed by atoms with E-state index in [4.69, 9.17) is 0 Å². The van der Waals surface area contributed by atoms with Crippen LogP contribution in [0.15, 0.2) is 134 Å². The molecule has 44 heavy (non-hydrogen) atoms. The van der Waals surface area contributed by atoms with E-state index in [1.807, 2.05) is 0 Å². The van der Waals surface area contributed by atoms with Crippen LogP contribution in [0.5, 0.6) is 0 Å². The zero-order valence-electron chi connectivity index (χ0n) is 27.5. The summed E-state index contributed by atoms with van der Waals surface area (Å²) in [6.07, 6.45) is 12.5. The van der Waals surface area contributed by atoms with Crippen molar-refractivity contribution in [3.8, 4) is 11.1 Å². The van der Waals surface area contributed by atoms with Gasteiger partial charge in [0.1, 0.15) is 0 Å². The lowest BCUT2D eigenvalue weighted by Gasteiger charge is -2.47. The van der Waals surface area contributed by atoms with Gasteiger partial charge in [0.25, 0.3) is 0 Å². The molecule has 1 atom stereocenters. The van der Waals surface area contributed by atoms with Crippen molar-refractivity contribution in [3.05, 3.63) is 167 Å². The van der Waals surface area contributed by atoms with Crippen LogP contribution < -0.4 is 0 Å². The Hall–Kier alpha value is -3.90. The van der Waals surface area contributed by atoms with E-state index >= 15 is 0 Å². The fourth-order valence-corrected chi connectivity index (χ4v) is 7.80. The molecule has 0 saturated carbocycles. The first kappa shape index (κ1) is 30.1. The molecule has 224 valence electrons. The predicted octanol–water partition coefficient (Wildman–Crippen LogP) is 11.8. The highest BCUT2D eigenvalue weighted by atomic mass is 14.5. The normalized spacial score (nSPS) is 16.5. The number of benzene rings is 4. The van der Waals surface area contributed by atoms with E-state index in [1.165, 1.54) is 50.1 Å². The molecule has 0 spiro atoms. The molecule has 6 rings (SSSR count). The van der Waals surface area contributed by atoms with Crippen molar-refractivity contribution >= 4 is 0 Å². The van der Waals surface area contributed by atoms with Crippen LogP contribution in [-0.4, -0.2) is 0 Å². The lowest BCUT2D eigenvalue weighted by molar-refractivity contribution is 0.375. The summed E-state index contributed by atoms with van der Waals surface area (Å²) in [7, 11) is 0. The first-order chi connectivity index (χ1) is 21.1. The van der Waals surface area contributed by atoms with Gasteiger partial charge in [-0.3, -0.25) is 0 Å². The zero-order valence-corrected chi connectivity index (χ0v) is 27.5. The van der Waals surface area contributed by atoms with Gasteiger partial charge in [-0.15, -0.1) is 6.58 Å². The Kier molecular flexibility index (Phi) is 7.91. The smallest absolute Gasteiger partial charge is 0.0412 e. The Bertz CT molecular complexity index is 1600. The summed E-state index contributed by atoms with van der Waals surface area (Å²) in [5, 5.41) is 0. The highest BCUT2D eigenvalue weighted by Crippen LogP contribution is 2.62. The largest absolute Gasteiger partial charge is 0.103 e. The number of hydrogen-bond acceptors (Lipinski definition) is 0. The van der Waals surface area contributed by atoms with Crippen molar-refractivity contribution in [2.45, 2.75) is 83.0 Å². The second-order valence-electron chi connectivity index (χ2n) is 14.9. The van der Waals surface area contributed by atoms with Crippen LogP contribution >= 0.6 is 0 Å². The molecule has 0 saturated heterocycles. The highest BCUT2D eigenvalue weighted by molar-refractivity contribution is 5.82. The fourth-order valence-electron chi connectivity index (χ4n) is 7.80. The Morgan fingerprint density at radius 2 is 1.14 bits per heavy atom. The first-order valence-corrected chi connectivity index (χ1v) is 16.4. The predicted molar refractivity (Wildman–Crippen MR) is 190 cm³/mol. The summed E-state index contributed by atoms with van der Waals surface area (Å²) < 4.78 is 0. The third-order valence-electron chi connectivity index (χ3n) is 10.1. The van der Waals surface area contributed by atoms with Crippen LogP contribution in [0.1, 0.15) is 100 Å². The molecule has 1 unspecified atom stereocenters. The van der Waals surface area contributed by atoms with E-state index in [0.29, 0.717) is 0 Å². The molecule has 0 bridgehead atoms. The molecule has 4 aromatic carbocycles. The van der Waals surface area contributed by atoms with Gasteiger partial charge in [-0.05, 0) is 74.6 Å². The second-order valence-corrected chi connectivity index (χ2v) is 14.9. The number of hydrogen-bond donors (Lipinski definition) is 0. The molecular formula is C44H48. The summed E-state index contributed by atoms with van der Waals surface area (Å²) in [5.74, 6) is 0.356. The van der Waals surface area contributed by atoms with Gasteiger partial charge in [-0.2, -0.15) is 0 Å². The van der Waals surface area contributed by atoms with E-state index in [0.717, 1.165) is 19.3 Å². The molecule has 0 fully saturated rings. The van der Waals surface area contributed by atoms with E-state index in [2.05, 4.69) is 169 Å². The lowest BCUT2D eigenvalue weighted by atomic mass is 9.55. The summed E-state index contributed by atoms with van der Waals surface area (Å²) in [4.78, 5) is 0. The van der Waals surface area contributed by atoms with Crippen molar-refractivity contribution < 1.29 is 0 Å². The molecule has 0 radical (unpaired) electrons. The van der Waals surface area contributed by atoms with Gasteiger partial charge in [0, 0.05) is 17.3 Å². The maximum Gasteiger partial charge on any atom is 0.0412 e. The van der Waals surface area contributed by atoms with Gasteiger partial charge < -0.3 is 0 Å². The molecule has 0 N–H and O–H groups in total. The van der Waals surface area contributed by atoms with Gasteiger partial charge in [-0.1, -0.05) is 168 Å². The Morgan fingerprint density at radius 3 is 1.59 bits per heavy atom. The van der Waals surface area contributed by atoms with Crippen molar-refractivity contribution in [2.24, 2.45) is 5.92 Å². The molecule has 0 nitrogen and oxygen atoms in total. The quantitative estimate of drug-likeness (QED) is 0.145. The van der Waals surface area contributed by atoms with Crippen LogP contribution in [0.25, 0.3) is 11.1 Å². The number of allylic oxidation sites excluding steroid dienone is 5. The van der Waals surface area contributed by atoms with Crippen LogP contribution in [0.4, 0.5) is 0 Å². The van der Waals surface area contributed by atoms with Crippen molar-refractivity contribution in [1.82, 2.24) is 0 Å². The lowest BCUT2D eigenvalue weighted by Crippen LogP contribution is -2.42. The van der Waals surface area contributed by atoms with Gasteiger partial charge in [-0.25, -0.2) is 0 Å². The van der Waals surface area contributed by atoms with Crippen LogP contribution in [0, 0.1) is 5.92 Å². The summed E-state index contributed by atoms with van der Waals surface area (Å²) >= 11 is 0. The molecule has 0 aliphatic heterocycles. The van der Waals surface area contributed by atoms with Crippen LogP contribution in [0.2, 0.25) is 0 Å². The van der Waals surface area contributed by atoms with Gasteiger partial charge >= 0.3 is 0 Å². The number of rotatable bonds is 8. The highest BCUT2D eigenvalue weighted by Gasteiger charge is 2.53. The Labute approximate surface area is 266 Å². The summed E-state index contributed by atoms with van der Waals surface area (Å²) in [6.45, 7) is 18.1. The molecular weight excluding hydrogens is 528 g/mol. The van der Waals surface area contributed by atoms with Gasteiger partial charge in [0.15, 0.2) is 0 Å². The maximum atomic E-state index is 4.02. The molecule has 2 aliphatic carbocycles. The fraction of sp³-hybridized carbons (Fsp3) is 0.318. The van der Waals surface area contributed by atoms with Crippen LogP contribution in [-0.2, 0) is 16.2 Å². The average Bonchev–Trinajstić information content (AvgIpc) is 3.61. The Morgan fingerprint density at radius 1 is 0.636 bits per heavy atom. The van der Waals surface area contributed by atoms with E-state index in [-0.39, 0.29) is 28.1 Å². The average molecular weight is 577 g/mol. The molecule has 4 aromatic rings. The topological polar surface area (TPSA) is 0 Å². The third kappa shape index (κ3) is 5.13. The third-order valence-corrected chi connectivity index (χ3v) is 10.1. The van der Waals surface area contributed by atoms with Crippen LogP contribution in [0.3, 0.4) is 0 Å². The summed E-state index contributed by atoms with van der Waals surface area (Å²) in [5.41, 5.74) is 12.5. The maximum absolute atomic E-state index is 4.02. The molecule has 0 amide bonds. The first-order valence-electron chi connectivity index (χ1n) is 16.4. The van der Waals surface area contributed by atoms with E-state index in [1.54, 1.807) is 0 Å². The molecule has 0 heterocycles. The van der Waals surface area contributed by atoms with Crippen molar-refractivity contribution in [2.75, 3.05) is 0 Å². The summed E-state index contributed by atoms with van der Waals surface area (Å²) in [6, 6.07) is 37.5. The van der Waals surface area contributed by atoms with Gasteiger partial charge in [0.05, 0.1) is 0 Å². The molecule has 0 heteroatoms. The van der Waals surface area contributed by atoms with E-state index in [9.17, 15) is 0 Å². The SMILES string of the molecule is C=CCCCC1=CC=CC1C(c1ccccc1)(c1ccccc1)C1c2cc(C(C)(C)C)ccc2-c2ccc(C(C)(C)C)cc21. The van der Waals surface area contributed by atoms with Crippen molar-refractivity contribution in [1.29, 1.82) is 0 Å².